The fourth-order valence-electron chi connectivity index (χ4n) is 2.38. The van der Waals surface area contributed by atoms with Crippen molar-refractivity contribution in [3.05, 3.63) is 54.1 Å². The Balaban J connectivity index is 2.11. The Bertz CT molecular complexity index is 941. The van der Waals surface area contributed by atoms with Crippen molar-refractivity contribution >= 4 is 27.6 Å². The van der Waals surface area contributed by atoms with Gasteiger partial charge in [0.15, 0.2) is 0 Å². The highest BCUT2D eigenvalue weighted by Gasteiger charge is 2.23. The van der Waals surface area contributed by atoms with Gasteiger partial charge in [-0.05, 0) is 43.3 Å². The number of carbonyl (C=O) groups excluding carboxylic acids is 2. The molecule has 9 heteroatoms. The van der Waals surface area contributed by atoms with E-state index in [4.69, 9.17) is 9.47 Å². The van der Waals surface area contributed by atoms with Crippen molar-refractivity contribution in [1.82, 2.24) is 4.31 Å². The molecule has 0 unspecified atom stereocenters. The number of esters is 1. The third-order valence-corrected chi connectivity index (χ3v) is 5.65. The lowest BCUT2D eigenvalue weighted by Gasteiger charge is -2.17. The molecule has 1 amide bonds. The fourth-order valence-corrected chi connectivity index (χ4v) is 3.51. The first-order valence-corrected chi connectivity index (χ1v) is 9.90. The van der Waals surface area contributed by atoms with Crippen LogP contribution in [0.2, 0.25) is 0 Å². The minimum Gasteiger partial charge on any atom is -0.497 e. The van der Waals surface area contributed by atoms with E-state index in [-0.39, 0.29) is 22.8 Å². The Morgan fingerprint density at radius 1 is 1.07 bits per heavy atom. The summed E-state index contributed by atoms with van der Waals surface area (Å²) in [5.41, 5.74) is 0.444. The summed E-state index contributed by atoms with van der Waals surface area (Å²) in [5.74, 6) is -0.635. The number of likely N-dealkylation sites (N-methyl/N-ethyl adjacent to an activating group) is 1. The van der Waals surface area contributed by atoms with Crippen molar-refractivity contribution in [3.63, 3.8) is 0 Å². The van der Waals surface area contributed by atoms with Gasteiger partial charge < -0.3 is 14.8 Å². The molecule has 150 valence electrons. The van der Waals surface area contributed by atoms with Crippen LogP contribution >= 0.6 is 0 Å². The van der Waals surface area contributed by atoms with E-state index in [0.29, 0.717) is 5.75 Å². The molecule has 0 aliphatic heterocycles. The molecule has 0 heterocycles. The molecule has 0 saturated carbocycles. The molecule has 8 nitrogen and oxygen atoms in total. The largest absolute Gasteiger partial charge is 0.497 e. The first-order chi connectivity index (χ1) is 13.3. The highest BCUT2D eigenvalue weighted by atomic mass is 32.2. The van der Waals surface area contributed by atoms with Gasteiger partial charge in [-0.15, -0.1) is 0 Å². The number of nitrogens with one attached hydrogen (secondary N) is 1. The number of anilines is 1. The standard InChI is InChI=1S/C19H22N2O6S/c1-4-27-19(23)16-7-5-6-8-17(16)20-18(22)13-21(2)28(24,25)15-11-9-14(26-3)10-12-15/h5-12H,4,13H2,1-3H3,(H,20,22). The molecule has 0 aliphatic rings. The maximum Gasteiger partial charge on any atom is 0.340 e. The Kier molecular flexibility index (Phi) is 7.13. The number of carbonyl (C=O) groups is 2. The topological polar surface area (TPSA) is 102 Å². The molecule has 0 atom stereocenters. The Morgan fingerprint density at radius 3 is 2.32 bits per heavy atom. The summed E-state index contributed by atoms with van der Waals surface area (Å²) in [7, 11) is -1.08. The second kappa shape index (κ2) is 9.34. The molecular weight excluding hydrogens is 384 g/mol. The molecule has 0 aromatic heterocycles. The number of para-hydroxylation sites is 1. The number of ether oxygens (including phenoxy) is 2. The second-order valence-corrected chi connectivity index (χ2v) is 7.80. The predicted octanol–water partition coefficient (Wildman–Crippen LogP) is 2.13. The van der Waals surface area contributed by atoms with Crippen molar-refractivity contribution in [2.24, 2.45) is 0 Å². The molecule has 0 spiro atoms. The minimum absolute atomic E-state index is 0.0375. The Labute approximate surface area is 164 Å². The van der Waals surface area contributed by atoms with E-state index in [9.17, 15) is 18.0 Å². The number of sulfonamides is 1. The molecule has 0 aliphatic carbocycles. The van der Waals surface area contributed by atoms with Crippen molar-refractivity contribution in [2.75, 3.05) is 32.6 Å². The lowest BCUT2D eigenvalue weighted by Crippen LogP contribution is -2.35. The molecule has 0 radical (unpaired) electrons. The number of nitrogens with zero attached hydrogens (tertiary/aromatic N) is 1. The van der Waals surface area contributed by atoms with E-state index in [0.717, 1.165) is 4.31 Å². The molecule has 2 aromatic rings. The quantitative estimate of drug-likeness (QED) is 0.674. The van der Waals surface area contributed by atoms with E-state index in [1.54, 1.807) is 25.1 Å². The number of methoxy groups -OCH3 is 1. The second-order valence-electron chi connectivity index (χ2n) is 5.75. The van der Waals surface area contributed by atoms with Crippen LogP contribution in [0.3, 0.4) is 0 Å². The summed E-state index contributed by atoms with van der Waals surface area (Å²) < 4.78 is 36.1. The third-order valence-electron chi connectivity index (χ3n) is 3.83. The van der Waals surface area contributed by atoms with Crippen LogP contribution in [0.5, 0.6) is 5.75 Å². The Morgan fingerprint density at radius 2 is 1.71 bits per heavy atom. The van der Waals surface area contributed by atoms with Gasteiger partial charge in [0.25, 0.3) is 0 Å². The van der Waals surface area contributed by atoms with Gasteiger partial charge >= 0.3 is 5.97 Å². The van der Waals surface area contributed by atoms with Gasteiger partial charge in [0.1, 0.15) is 5.75 Å². The maximum absolute atomic E-state index is 12.6. The normalized spacial score (nSPS) is 11.1. The van der Waals surface area contributed by atoms with E-state index >= 15 is 0 Å². The third kappa shape index (κ3) is 5.08. The highest BCUT2D eigenvalue weighted by molar-refractivity contribution is 7.89. The molecule has 1 N–H and O–H groups in total. The minimum atomic E-state index is -3.86. The summed E-state index contributed by atoms with van der Waals surface area (Å²) >= 11 is 0. The molecule has 2 rings (SSSR count). The zero-order valence-electron chi connectivity index (χ0n) is 15.8. The van der Waals surface area contributed by atoms with E-state index in [1.807, 2.05) is 0 Å². The SMILES string of the molecule is CCOC(=O)c1ccccc1NC(=O)CN(C)S(=O)(=O)c1ccc(OC)cc1. The summed E-state index contributed by atoms with van der Waals surface area (Å²) in [4.78, 5) is 24.4. The number of amides is 1. The van der Waals surface area contributed by atoms with Gasteiger partial charge in [-0.2, -0.15) is 4.31 Å². The predicted molar refractivity (Wildman–Crippen MR) is 104 cm³/mol. The molecule has 0 fully saturated rings. The van der Waals surface area contributed by atoms with Crippen LogP contribution < -0.4 is 10.1 Å². The van der Waals surface area contributed by atoms with E-state index < -0.39 is 28.4 Å². The summed E-state index contributed by atoms with van der Waals surface area (Å²) in [6, 6.07) is 12.2. The maximum atomic E-state index is 12.6. The first-order valence-electron chi connectivity index (χ1n) is 8.46. The van der Waals surface area contributed by atoms with Gasteiger partial charge in [-0.25, -0.2) is 13.2 Å². The van der Waals surface area contributed by atoms with E-state index in [1.165, 1.54) is 44.5 Å². The number of hydrogen-bond donors (Lipinski definition) is 1. The van der Waals surface area contributed by atoms with Gasteiger partial charge in [0.2, 0.25) is 15.9 Å². The molecule has 0 saturated heterocycles. The van der Waals surface area contributed by atoms with Crippen LogP contribution in [-0.2, 0) is 19.6 Å². The summed E-state index contributed by atoms with van der Waals surface area (Å²) in [6.07, 6.45) is 0. The van der Waals surface area contributed by atoms with Crippen molar-refractivity contribution < 1.29 is 27.5 Å². The van der Waals surface area contributed by atoms with Gasteiger partial charge in [-0.1, -0.05) is 12.1 Å². The zero-order valence-corrected chi connectivity index (χ0v) is 16.7. The van der Waals surface area contributed by atoms with Gasteiger partial charge in [-0.3, -0.25) is 4.79 Å². The molecular formula is C19H22N2O6S. The van der Waals surface area contributed by atoms with E-state index in [2.05, 4.69) is 5.32 Å². The number of benzene rings is 2. The van der Waals surface area contributed by atoms with Crippen LogP contribution in [0.1, 0.15) is 17.3 Å². The molecule has 28 heavy (non-hydrogen) atoms. The first kappa shape index (κ1) is 21.4. The smallest absolute Gasteiger partial charge is 0.340 e. The van der Waals surface area contributed by atoms with Crippen LogP contribution in [-0.4, -0.2) is 51.9 Å². The summed E-state index contributed by atoms with van der Waals surface area (Å²) in [5, 5.41) is 2.56. The van der Waals surface area contributed by atoms with Crippen LogP contribution in [0.15, 0.2) is 53.4 Å². The van der Waals surface area contributed by atoms with Crippen LogP contribution in [0.25, 0.3) is 0 Å². The zero-order chi connectivity index (χ0) is 20.7. The van der Waals surface area contributed by atoms with Crippen molar-refractivity contribution in [2.45, 2.75) is 11.8 Å². The lowest BCUT2D eigenvalue weighted by molar-refractivity contribution is -0.116. The Hall–Kier alpha value is -2.91. The summed E-state index contributed by atoms with van der Waals surface area (Å²) in [6.45, 7) is 1.45. The van der Waals surface area contributed by atoms with Crippen molar-refractivity contribution in [1.29, 1.82) is 0 Å². The molecule has 2 aromatic carbocycles. The van der Waals surface area contributed by atoms with Gasteiger partial charge in [0, 0.05) is 7.05 Å². The number of rotatable bonds is 8. The lowest BCUT2D eigenvalue weighted by atomic mass is 10.2. The molecule has 0 bridgehead atoms. The average Bonchev–Trinajstić information content (AvgIpc) is 2.68. The fraction of sp³-hybridized carbons (Fsp3) is 0.263. The van der Waals surface area contributed by atoms with Crippen LogP contribution in [0.4, 0.5) is 5.69 Å². The highest BCUT2D eigenvalue weighted by Crippen LogP contribution is 2.19. The van der Waals surface area contributed by atoms with Gasteiger partial charge in [0.05, 0.1) is 36.4 Å². The average molecular weight is 406 g/mol. The van der Waals surface area contributed by atoms with Crippen LogP contribution in [0, 0.1) is 0 Å². The number of hydrogen-bond acceptors (Lipinski definition) is 6. The van der Waals surface area contributed by atoms with Crippen molar-refractivity contribution in [3.8, 4) is 5.75 Å². The monoisotopic (exact) mass is 406 g/mol.